The molecule has 0 radical (unpaired) electrons. The van der Waals surface area contributed by atoms with Crippen molar-refractivity contribution in [2.45, 2.75) is 13.8 Å². The van der Waals surface area contributed by atoms with Crippen LogP contribution in [-0.2, 0) is 17.0 Å². The van der Waals surface area contributed by atoms with Gasteiger partial charge in [-0.2, -0.15) is 0 Å². The number of phenols is 2. The molecular weight excluding hydrogens is 667 g/mol. The predicted octanol–water partition coefficient (Wildman–Crippen LogP) is 9.39. The summed E-state index contributed by atoms with van der Waals surface area (Å²) < 4.78 is 105. The van der Waals surface area contributed by atoms with Gasteiger partial charge in [0.05, 0.1) is 0 Å². The zero-order chi connectivity index (χ0) is 32.4. The van der Waals surface area contributed by atoms with E-state index in [9.17, 15) is 45.3 Å². The first kappa shape index (κ1) is 35.7. The molecule has 0 unspecified atom stereocenters. The van der Waals surface area contributed by atoms with Gasteiger partial charge in [0.25, 0.3) is 0 Å². The van der Waals surface area contributed by atoms with E-state index in [-0.39, 0.29) is 17.1 Å². The number of rotatable bonds is 4. The van der Waals surface area contributed by atoms with Crippen molar-refractivity contribution in [2.75, 3.05) is 0 Å². The number of aromatic hydroxyl groups is 2. The van der Waals surface area contributed by atoms with Crippen molar-refractivity contribution in [2.24, 2.45) is 9.98 Å². The molecule has 4 aromatic carbocycles. The second-order valence-corrected chi connectivity index (χ2v) is 10.8. The van der Waals surface area contributed by atoms with Gasteiger partial charge in [-0.15, -0.1) is 0 Å². The molecule has 4 aromatic rings. The first-order valence-electron chi connectivity index (χ1n) is 11.5. The molecule has 0 heterocycles. The van der Waals surface area contributed by atoms with Crippen molar-refractivity contribution < 1.29 is 62.4 Å². The molecule has 15 heteroatoms. The number of hydrogen-bond donors (Lipinski definition) is 2. The van der Waals surface area contributed by atoms with E-state index in [1.165, 1.54) is 12.1 Å². The van der Waals surface area contributed by atoms with Crippen molar-refractivity contribution >= 4 is 42.4 Å². The number of halogens is 10. The monoisotopic (exact) mass is 684 g/mol. The Kier molecular flexibility index (Phi) is 13.6. The average molecular weight is 685 g/mol. The quantitative estimate of drug-likeness (QED) is 0.0740. The standard InChI is InChI=1S/C14H8F5NO.C14H10F3NO.2ClH.Ti/c1-6-3-2-4-7(14(6)21)5-20-13-11(18)9(16)8(15)10(17)12(13)19;1-8-3-2-4-9(14(8)19)7-18-13-11(16)5-10(15)6-12(13)17;;;/h2-5,21H,1H3;2-7,19H,1H3;2*1H;/q;;;;+2/p-2. The molecule has 0 aliphatic rings. The van der Waals surface area contributed by atoms with E-state index in [0.29, 0.717) is 28.8 Å². The molecule has 0 saturated heterocycles. The van der Waals surface area contributed by atoms with Gasteiger partial charge in [0.15, 0.2) is 34.9 Å². The number of para-hydroxylation sites is 2. The van der Waals surface area contributed by atoms with Gasteiger partial charge in [0, 0.05) is 35.7 Å². The van der Waals surface area contributed by atoms with Gasteiger partial charge in [-0.3, -0.25) is 0 Å². The molecule has 0 fully saturated rings. The first-order valence-corrected chi connectivity index (χ1v) is 15.8. The van der Waals surface area contributed by atoms with E-state index in [2.05, 4.69) is 9.98 Å². The van der Waals surface area contributed by atoms with Gasteiger partial charge in [-0.05, 0) is 37.1 Å². The molecule has 43 heavy (non-hydrogen) atoms. The fourth-order valence-corrected chi connectivity index (χ4v) is 3.20. The SMILES string of the molecule is Cc1cccc(C=Nc2c(F)c(F)c(F)c(F)c2F)c1O.Cc1cccc(C=Nc2c(F)cc(F)cc2F)c1O.[Cl][Ti][Cl]. The normalized spacial score (nSPS) is 10.8. The molecule has 0 bridgehead atoms. The van der Waals surface area contributed by atoms with Crippen molar-refractivity contribution in [1.29, 1.82) is 0 Å². The molecule has 2 N–H and O–H groups in total. The molecule has 0 aliphatic heterocycles. The van der Waals surface area contributed by atoms with Crippen LogP contribution in [0, 0.1) is 60.4 Å². The topological polar surface area (TPSA) is 65.2 Å². The van der Waals surface area contributed by atoms with Crippen molar-refractivity contribution in [1.82, 2.24) is 0 Å². The Morgan fingerprint density at radius 2 is 0.953 bits per heavy atom. The molecule has 0 amide bonds. The van der Waals surface area contributed by atoms with Crippen LogP contribution in [0.4, 0.5) is 46.5 Å². The maximum atomic E-state index is 13.4. The first-order chi connectivity index (χ1) is 20.2. The number of aliphatic imine (C=N–C) groups is 2. The Balaban J connectivity index is 0.000000276. The summed E-state index contributed by atoms with van der Waals surface area (Å²) in [5, 5.41) is 19.4. The third kappa shape index (κ3) is 9.27. The second-order valence-electron chi connectivity index (χ2n) is 8.25. The zero-order valence-electron chi connectivity index (χ0n) is 21.8. The summed E-state index contributed by atoms with van der Waals surface area (Å²) in [7, 11) is 9.78. The maximum absolute atomic E-state index is 13.4. The molecule has 0 saturated carbocycles. The van der Waals surface area contributed by atoms with Crippen LogP contribution in [0.2, 0.25) is 0 Å². The van der Waals surface area contributed by atoms with Crippen LogP contribution in [0.15, 0.2) is 58.5 Å². The predicted molar refractivity (Wildman–Crippen MR) is 144 cm³/mol. The van der Waals surface area contributed by atoms with Gasteiger partial charge < -0.3 is 10.2 Å². The summed E-state index contributed by atoms with van der Waals surface area (Å²) in [4.78, 5) is 6.88. The number of benzene rings is 4. The summed E-state index contributed by atoms with van der Waals surface area (Å²) in [6, 6.07) is 10.5. The van der Waals surface area contributed by atoms with Crippen molar-refractivity contribution in [3.8, 4) is 11.5 Å². The van der Waals surface area contributed by atoms with Gasteiger partial charge >= 0.3 is 35.6 Å². The number of aryl methyl sites for hydroxylation is 2. The molecule has 226 valence electrons. The van der Waals surface area contributed by atoms with E-state index in [4.69, 9.17) is 18.6 Å². The summed E-state index contributed by atoms with van der Waals surface area (Å²) >= 11 is -0.556. The molecule has 4 rings (SSSR count). The minimum atomic E-state index is -2.25. The van der Waals surface area contributed by atoms with Gasteiger partial charge in [0.1, 0.15) is 28.7 Å². The molecule has 0 aliphatic carbocycles. The Hall–Kier alpha value is -3.45. The third-order valence-electron chi connectivity index (χ3n) is 5.37. The summed E-state index contributed by atoms with van der Waals surface area (Å²) in [5.74, 6) is -13.9. The Labute approximate surface area is 256 Å². The zero-order valence-corrected chi connectivity index (χ0v) is 24.9. The van der Waals surface area contributed by atoms with Crippen molar-refractivity contribution in [3.63, 3.8) is 0 Å². The van der Waals surface area contributed by atoms with Crippen LogP contribution in [0.5, 0.6) is 11.5 Å². The molecular formula is C28H18Cl2F8N2O2Ti. The number of nitrogens with zero attached hydrogens (tertiary/aromatic N) is 2. The van der Waals surface area contributed by atoms with Crippen molar-refractivity contribution in [3.05, 3.63) is 117 Å². The molecule has 4 nitrogen and oxygen atoms in total. The number of phenolic OH excluding ortho intramolecular Hbond substituents is 2. The Morgan fingerprint density at radius 3 is 1.35 bits per heavy atom. The second kappa shape index (κ2) is 16.4. The van der Waals surface area contributed by atoms with Crippen LogP contribution < -0.4 is 0 Å². The third-order valence-corrected chi connectivity index (χ3v) is 5.37. The van der Waals surface area contributed by atoms with Crippen LogP contribution in [0.3, 0.4) is 0 Å². The van der Waals surface area contributed by atoms with E-state index in [1.807, 2.05) is 0 Å². The molecule has 0 spiro atoms. The summed E-state index contributed by atoms with van der Waals surface area (Å²) in [6.45, 7) is 3.26. The van der Waals surface area contributed by atoms with Gasteiger partial charge in [-0.25, -0.2) is 45.1 Å². The van der Waals surface area contributed by atoms with Gasteiger partial charge in [0.2, 0.25) is 5.82 Å². The fourth-order valence-electron chi connectivity index (χ4n) is 3.20. The summed E-state index contributed by atoms with van der Waals surface area (Å²) in [5.41, 5.74) is -0.419. The van der Waals surface area contributed by atoms with E-state index < -0.39 is 74.9 Å². The van der Waals surface area contributed by atoms with E-state index >= 15 is 0 Å². The fraction of sp³-hybridized carbons (Fsp3) is 0.0714. The van der Waals surface area contributed by atoms with E-state index in [1.54, 1.807) is 38.1 Å². The molecule has 0 atom stereocenters. The Morgan fingerprint density at radius 1 is 0.605 bits per heavy atom. The molecule has 0 aromatic heterocycles. The van der Waals surface area contributed by atoms with Gasteiger partial charge in [-0.1, -0.05) is 24.3 Å². The Bertz CT molecular complexity index is 1620. The van der Waals surface area contributed by atoms with Crippen LogP contribution in [-0.4, -0.2) is 22.6 Å². The van der Waals surface area contributed by atoms with Crippen LogP contribution in [0.1, 0.15) is 22.3 Å². The summed E-state index contributed by atoms with van der Waals surface area (Å²) in [6.07, 6.45) is 1.95. The van der Waals surface area contributed by atoms with E-state index in [0.717, 1.165) is 12.4 Å². The van der Waals surface area contributed by atoms with Crippen LogP contribution in [0.25, 0.3) is 0 Å². The van der Waals surface area contributed by atoms with Crippen LogP contribution >= 0.6 is 18.6 Å². The minimum absolute atomic E-state index is 0.0193. The average Bonchev–Trinajstić information content (AvgIpc) is 2.95. The number of hydrogen-bond acceptors (Lipinski definition) is 4.